The third-order valence-corrected chi connectivity index (χ3v) is 1.87. The van der Waals surface area contributed by atoms with Gasteiger partial charge in [0.05, 0.1) is 12.6 Å². The van der Waals surface area contributed by atoms with Crippen molar-refractivity contribution in [2.24, 2.45) is 11.5 Å². The number of carboxylic acids is 3. The van der Waals surface area contributed by atoms with Gasteiger partial charge >= 0.3 is 30.3 Å². The number of hydrogen-bond donors (Lipinski definition) is 7. The van der Waals surface area contributed by atoms with Crippen molar-refractivity contribution in [3.8, 4) is 0 Å². The number of carboxylic acid groups (broad SMARTS) is 3. The number of aliphatic hydroxyl groups is 1. The summed E-state index contributed by atoms with van der Waals surface area (Å²) < 4.78 is 63.5. The van der Waals surface area contributed by atoms with E-state index in [2.05, 4.69) is 0 Å². The van der Waals surface area contributed by atoms with E-state index in [4.69, 9.17) is 41.5 Å². The lowest BCUT2D eigenvalue weighted by molar-refractivity contribution is -0.193. The molecule has 1 unspecified atom stereocenters. The first kappa shape index (κ1) is 29.1. The number of alkyl halides is 6. The van der Waals surface area contributed by atoms with Crippen LogP contribution in [0.4, 0.5) is 26.3 Å². The van der Waals surface area contributed by atoms with Crippen LogP contribution in [-0.2, 0) is 19.2 Å². The Morgan fingerprint density at radius 2 is 1.19 bits per heavy atom. The molecule has 9 N–H and O–H groups in total. The predicted molar refractivity (Wildman–Crippen MR) is 71.1 cm³/mol. The van der Waals surface area contributed by atoms with E-state index in [0.29, 0.717) is 0 Å². The first-order chi connectivity index (χ1) is 11.9. The summed E-state index contributed by atoms with van der Waals surface area (Å²) >= 11 is 0. The Balaban J connectivity index is -0.000000350. The zero-order valence-corrected chi connectivity index (χ0v) is 12.9. The summed E-state index contributed by atoms with van der Waals surface area (Å²) in [6.07, 6.45) is -10.2. The highest BCUT2D eigenvalue weighted by molar-refractivity contribution is 5.86. The predicted octanol–water partition coefficient (Wildman–Crippen LogP) is -1.90. The van der Waals surface area contributed by atoms with Gasteiger partial charge in [-0.3, -0.25) is 4.79 Å². The molecule has 0 aliphatic heterocycles. The number of hydrogen-bond acceptors (Lipinski definition) is 7. The Morgan fingerprint density at radius 3 is 1.33 bits per heavy atom. The molecule has 0 aliphatic carbocycles. The molecule has 0 heterocycles. The van der Waals surface area contributed by atoms with Crippen LogP contribution in [0.25, 0.3) is 0 Å². The molecular formula is C10H15F6N3O8. The van der Waals surface area contributed by atoms with Crippen LogP contribution in [0, 0.1) is 0 Å². The van der Waals surface area contributed by atoms with E-state index in [0.717, 1.165) is 0 Å². The number of nitrogens with one attached hydrogen (secondary N) is 1. The van der Waals surface area contributed by atoms with Crippen molar-refractivity contribution < 1.29 is 65.9 Å². The highest BCUT2D eigenvalue weighted by atomic mass is 19.4. The lowest BCUT2D eigenvalue weighted by atomic mass is 10.2. The first-order valence-electron chi connectivity index (χ1n) is 6.11. The third kappa shape index (κ3) is 16.6. The van der Waals surface area contributed by atoms with Crippen LogP contribution in [0.3, 0.4) is 0 Å². The minimum absolute atomic E-state index is 0.0798. The van der Waals surface area contributed by atoms with E-state index in [9.17, 15) is 35.9 Å². The number of aliphatic carboxylic acids is 3. The lowest BCUT2D eigenvalue weighted by Crippen LogP contribution is -2.52. The van der Waals surface area contributed by atoms with Gasteiger partial charge in [-0.1, -0.05) is 0 Å². The van der Waals surface area contributed by atoms with Gasteiger partial charge in [0.25, 0.3) is 0 Å². The fraction of sp³-hybridized carbons (Fsp3) is 0.600. The maximum atomic E-state index is 11.0. The van der Waals surface area contributed by atoms with Gasteiger partial charge in [0, 0.05) is 6.54 Å². The molecule has 0 radical (unpaired) electrons. The zero-order valence-electron chi connectivity index (χ0n) is 12.9. The maximum absolute atomic E-state index is 11.0. The number of amides is 1. The maximum Gasteiger partial charge on any atom is 0.490 e. The van der Waals surface area contributed by atoms with E-state index in [1.807, 2.05) is 5.32 Å². The van der Waals surface area contributed by atoms with Crippen LogP contribution in [0.2, 0.25) is 0 Å². The van der Waals surface area contributed by atoms with Crippen molar-refractivity contribution in [1.29, 1.82) is 0 Å². The van der Waals surface area contributed by atoms with Gasteiger partial charge in [0.15, 0.2) is 0 Å². The molecule has 0 bridgehead atoms. The summed E-state index contributed by atoms with van der Waals surface area (Å²) in [6, 6.07) is -2.28. The molecule has 2 atom stereocenters. The topological polar surface area (TPSA) is 213 Å². The van der Waals surface area contributed by atoms with Crippen molar-refractivity contribution in [3.63, 3.8) is 0 Å². The fourth-order valence-corrected chi connectivity index (χ4v) is 0.571. The normalized spacial score (nSPS) is 12.9. The Hall–Kier alpha value is -2.66. The van der Waals surface area contributed by atoms with Gasteiger partial charge in [-0.25, -0.2) is 14.4 Å². The summed E-state index contributed by atoms with van der Waals surface area (Å²) in [7, 11) is 0. The summed E-state index contributed by atoms with van der Waals surface area (Å²) in [4.78, 5) is 39.1. The lowest BCUT2D eigenvalue weighted by Gasteiger charge is -2.14. The van der Waals surface area contributed by atoms with Gasteiger partial charge < -0.3 is 37.2 Å². The molecule has 0 rings (SSSR count). The second kappa shape index (κ2) is 12.7. The molecule has 0 saturated carbocycles. The third-order valence-electron chi connectivity index (χ3n) is 1.87. The molecule has 0 spiro atoms. The number of rotatable bonds is 5. The molecule has 17 heteroatoms. The summed E-state index contributed by atoms with van der Waals surface area (Å²) in [5.41, 5.74) is 10.3. The highest BCUT2D eigenvalue weighted by Gasteiger charge is 2.38. The Bertz CT molecular complexity index is 486. The molecule has 0 aromatic rings. The number of carbonyl (C=O) groups is 4. The number of halogens is 6. The fourth-order valence-electron chi connectivity index (χ4n) is 0.571. The monoisotopic (exact) mass is 419 g/mol. The van der Waals surface area contributed by atoms with Crippen LogP contribution in [-0.4, -0.2) is 81.8 Å². The van der Waals surface area contributed by atoms with Crippen molar-refractivity contribution in [2.75, 3.05) is 13.2 Å². The van der Waals surface area contributed by atoms with E-state index in [1.165, 1.54) is 0 Å². The van der Waals surface area contributed by atoms with Crippen LogP contribution < -0.4 is 16.8 Å². The van der Waals surface area contributed by atoms with Crippen LogP contribution in [0.5, 0.6) is 0 Å². The summed E-state index contributed by atoms with van der Waals surface area (Å²) in [5, 5.41) is 33.2. The van der Waals surface area contributed by atoms with E-state index < -0.39 is 54.9 Å². The van der Waals surface area contributed by atoms with E-state index >= 15 is 0 Å². The molecule has 0 aromatic heterocycles. The molecule has 11 nitrogen and oxygen atoms in total. The second-order valence-electron chi connectivity index (χ2n) is 4.03. The number of nitrogens with two attached hydrogens (primary N) is 2. The standard InChI is InChI=1S/C6H13N3O4.2C2HF3O2/c7-1-3(8)5(11)9-4(2-10)6(12)13;2*3-2(4,5)1(6)7/h3-4,10H,1-2,7-8H2,(H,9,11)(H,12,13);2*(H,6,7)/t3?,4-;;/m0../s1. The molecule has 160 valence electrons. The number of aliphatic hydroxyl groups excluding tert-OH is 1. The Morgan fingerprint density at radius 1 is 0.889 bits per heavy atom. The molecule has 1 amide bonds. The highest BCUT2D eigenvalue weighted by Crippen LogP contribution is 2.13. The Kier molecular flexibility index (Phi) is 13.6. The van der Waals surface area contributed by atoms with Crippen molar-refractivity contribution >= 4 is 23.8 Å². The summed E-state index contributed by atoms with van der Waals surface area (Å²) in [6.45, 7) is -0.762. The number of carbonyl (C=O) groups excluding carboxylic acids is 1. The van der Waals surface area contributed by atoms with Gasteiger partial charge in [0.2, 0.25) is 5.91 Å². The minimum Gasteiger partial charge on any atom is -0.480 e. The zero-order chi connectivity index (χ0) is 22.6. The summed E-state index contributed by atoms with van der Waals surface area (Å²) in [5.74, 6) is -7.52. The quantitative estimate of drug-likeness (QED) is 0.246. The van der Waals surface area contributed by atoms with Crippen LogP contribution >= 0.6 is 0 Å². The second-order valence-corrected chi connectivity index (χ2v) is 4.03. The molecule has 27 heavy (non-hydrogen) atoms. The van der Waals surface area contributed by atoms with Crippen molar-refractivity contribution in [3.05, 3.63) is 0 Å². The van der Waals surface area contributed by atoms with Gasteiger partial charge in [-0.15, -0.1) is 0 Å². The largest absolute Gasteiger partial charge is 0.490 e. The Labute approximate surface area is 145 Å². The van der Waals surface area contributed by atoms with Gasteiger partial charge in [0.1, 0.15) is 6.04 Å². The first-order valence-corrected chi connectivity index (χ1v) is 6.11. The molecular weight excluding hydrogens is 404 g/mol. The van der Waals surface area contributed by atoms with Gasteiger partial charge in [-0.05, 0) is 0 Å². The molecule has 0 saturated heterocycles. The smallest absolute Gasteiger partial charge is 0.480 e. The van der Waals surface area contributed by atoms with Crippen LogP contribution in [0.15, 0.2) is 0 Å². The van der Waals surface area contributed by atoms with E-state index in [1.54, 1.807) is 0 Å². The van der Waals surface area contributed by atoms with E-state index in [-0.39, 0.29) is 6.54 Å². The SMILES string of the molecule is NCC(N)C(=O)N[C@@H](CO)C(=O)O.O=C(O)C(F)(F)F.O=C(O)C(F)(F)F. The average molecular weight is 419 g/mol. The average Bonchev–Trinajstić information content (AvgIpc) is 2.50. The molecule has 0 aromatic carbocycles. The minimum atomic E-state index is -5.08. The van der Waals surface area contributed by atoms with Gasteiger partial charge in [-0.2, -0.15) is 26.3 Å². The van der Waals surface area contributed by atoms with Crippen molar-refractivity contribution in [1.82, 2.24) is 5.32 Å². The molecule has 0 fully saturated rings. The van der Waals surface area contributed by atoms with Crippen molar-refractivity contribution in [2.45, 2.75) is 24.4 Å². The molecule has 0 aliphatic rings. The van der Waals surface area contributed by atoms with Crippen LogP contribution in [0.1, 0.15) is 0 Å².